The van der Waals surface area contributed by atoms with Crippen LogP contribution in [0.1, 0.15) is 0 Å². The van der Waals surface area contributed by atoms with E-state index in [0.29, 0.717) is 0 Å². The highest BCUT2D eigenvalue weighted by Gasteiger charge is 2.06. The van der Waals surface area contributed by atoms with Crippen LogP contribution >= 0.6 is 22.9 Å². The summed E-state index contributed by atoms with van der Waals surface area (Å²) in [5.41, 5.74) is 1.97. The largest absolute Gasteiger partial charge is 0.244 e. The van der Waals surface area contributed by atoms with Crippen LogP contribution in [-0.2, 0) is 0 Å². The van der Waals surface area contributed by atoms with Crippen LogP contribution < -0.4 is 0 Å². The fourth-order valence-corrected chi connectivity index (χ4v) is 2.61. The van der Waals surface area contributed by atoms with Gasteiger partial charge in [-0.15, -0.1) is 0 Å². The summed E-state index contributed by atoms with van der Waals surface area (Å²) in [5.74, 6) is 0. The van der Waals surface area contributed by atoms with Crippen molar-refractivity contribution in [1.82, 2.24) is 9.97 Å². The van der Waals surface area contributed by atoms with E-state index in [1.807, 2.05) is 36.4 Å². The van der Waals surface area contributed by atoms with Gasteiger partial charge in [-0.3, -0.25) is 0 Å². The molecule has 4 heteroatoms. The van der Waals surface area contributed by atoms with Crippen molar-refractivity contribution in [2.45, 2.75) is 0 Å². The number of fused-ring (bicyclic) bond motifs is 1. The Balaban J connectivity index is 2.19. The number of hydrogen-bond donors (Lipinski definition) is 0. The predicted molar refractivity (Wildman–Crippen MR) is 67.9 cm³/mol. The molecule has 1 aromatic carbocycles. The fraction of sp³-hybridized carbons (Fsp3) is 0. The Morgan fingerprint density at radius 1 is 1.12 bits per heavy atom. The summed E-state index contributed by atoms with van der Waals surface area (Å²) in [6.45, 7) is 0. The highest BCUT2D eigenvalue weighted by Crippen LogP contribution is 2.29. The number of thiazole rings is 1. The summed E-state index contributed by atoms with van der Waals surface area (Å²) in [5, 5.41) is 1.68. The average molecular weight is 247 g/mol. The molecule has 2 heterocycles. The van der Waals surface area contributed by atoms with Crippen molar-refractivity contribution < 1.29 is 0 Å². The van der Waals surface area contributed by atoms with Crippen molar-refractivity contribution in [3.63, 3.8) is 0 Å². The Kier molecular flexibility index (Phi) is 2.35. The molecule has 78 valence electrons. The molecule has 0 aliphatic rings. The van der Waals surface area contributed by atoms with E-state index in [1.165, 1.54) is 0 Å². The maximum atomic E-state index is 5.95. The van der Waals surface area contributed by atoms with Crippen LogP contribution in [0.15, 0.2) is 42.6 Å². The second-order valence-corrected chi connectivity index (χ2v) is 4.77. The van der Waals surface area contributed by atoms with Crippen molar-refractivity contribution >= 4 is 33.3 Å². The minimum atomic E-state index is 0.727. The lowest BCUT2D eigenvalue weighted by Gasteiger charge is -1.95. The molecule has 2 aromatic heterocycles. The van der Waals surface area contributed by atoms with Crippen LogP contribution in [0.2, 0.25) is 5.02 Å². The molecule has 2 nitrogen and oxygen atoms in total. The maximum absolute atomic E-state index is 5.95. The highest BCUT2D eigenvalue weighted by molar-refractivity contribution is 7.21. The van der Waals surface area contributed by atoms with Crippen molar-refractivity contribution in [1.29, 1.82) is 0 Å². The molecule has 3 rings (SSSR count). The third-order valence-corrected chi connectivity index (χ3v) is 3.50. The Bertz CT molecular complexity index is 615. The van der Waals surface area contributed by atoms with Gasteiger partial charge in [-0.1, -0.05) is 35.1 Å². The molecule has 0 spiro atoms. The normalized spacial score (nSPS) is 10.8. The standard InChI is InChI=1S/C12H7ClN2S/c13-9-4-1-3-8(7-9)11-15-10-5-2-6-14-12(10)16-11/h1-7H. The van der Waals surface area contributed by atoms with E-state index in [-0.39, 0.29) is 0 Å². The summed E-state index contributed by atoms with van der Waals surface area (Å²) in [4.78, 5) is 9.75. The van der Waals surface area contributed by atoms with Crippen molar-refractivity contribution in [3.8, 4) is 10.6 Å². The smallest absolute Gasteiger partial charge is 0.143 e. The van der Waals surface area contributed by atoms with Crippen LogP contribution in [0.4, 0.5) is 0 Å². The maximum Gasteiger partial charge on any atom is 0.143 e. The second kappa shape index (κ2) is 3.85. The van der Waals surface area contributed by atoms with Gasteiger partial charge in [0.25, 0.3) is 0 Å². The molecular weight excluding hydrogens is 240 g/mol. The molecule has 0 atom stereocenters. The molecule has 0 fully saturated rings. The number of aromatic nitrogens is 2. The molecule has 0 radical (unpaired) electrons. The lowest BCUT2D eigenvalue weighted by atomic mass is 10.2. The third kappa shape index (κ3) is 1.68. The summed E-state index contributed by atoms with van der Waals surface area (Å²) in [7, 11) is 0. The van der Waals surface area contributed by atoms with E-state index < -0.39 is 0 Å². The Hall–Kier alpha value is -1.45. The molecule has 0 saturated carbocycles. The van der Waals surface area contributed by atoms with Crippen molar-refractivity contribution in [2.75, 3.05) is 0 Å². The monoisotopic (exact) mass is 246 g/mol. The van der Waals surface area contributed by atoms with Crippen LogP contribution in [0.25, 0.3) is 20.9 Å². The van der Waals surface area contributed by atoms with Crippen LogP contribution in [0, 0.1) is 0 Å². The SMILES string of the molecule is Clc1cccc(-c2nc3cccnc3s2)c1. The van der Waals surface area contributed by atoms with E-state index in [4.69, 9.17) is 11.6 Å². The molecule has 0 unspecified atom stereocenters. The van der Waals surface area contributed by atoms with Gasteiger partial charge in [-0.05, 0) is 24.3 Å². The van der Waals surface area contributed by atoms with Crippen LogP contribution in [0.3, 0.4) is 0 Å². The van der Waals surface area contributed by atoms with Gasteiger partial charge in [-0.25, -0.2) is 9.97 Å². The molecule has 0 N–H and O–H groups in total. The highest BCUT2D eigenvalue weighted by atomic mass is 35.5. The van der Waals surface area contributed by atoms with Gasteiger partial charge >= 0.3 is 0 Å². The van der Waals surface area contributed by atoms with Gasteiger partial charge in [0, 0.05) is 16.8 Å². The Labute approximate surface area is 102 Å². The van der Waals surface area contributed by atoms with E-state index in [1.54, 1.807) is 17.5 Å². The Morgan fingerprint density at radius 3 is 2.88 bits per heavy atom. The van der Waals surface area contributed by atoms with Gasteiger partial charge < -0.3 is 0 Å². The zero-order valence-corrected chi connectivity index (χ0v) is 9.79. The second-order valence-electron chi connectivity index (χ2n) is 3.36. The molecule has 0 aliphatic carbocycles. The number of pyridine rings is 1. The van der Waals surface area contributed by atoms with Gasteiger partial charge in [0.05, 0.1) is 0 Å². The van der Waals surface area contributed by atoms with E-state index in [9.17, 15) is 0 Å². The van der Waals surface area contributed by atoms with Crippen LogP contribution in [-0.4, -0.2) is 9.97 Å². The molecule has 0 aliphatic heterocycles. The van der Waals surface area contributed by atoms with Crippen molar-refractivity contribution in [2.24, 2.45) is 0 Å². The molecule has 0 amide bonds. The summed E-state index contributed by atoms with van der Waals surface area (Å²) >= 11 is 7.53. The molecule has 0 saturated heterocycles. The Morgan fingerprint density at radius 2 is 2.06 bits per heavy atom. The van der Waals surface area contributed by atoms with Gasteiger partial charge in [0.2, 0.25) is 0 Å². The summed E-state index contributed by atoms with van der Waals surface area (Å²) in [6, 6.07) is 11.6. The zero-order chi connectivity index (χ0) is 11.0. The summed E-state index contributed by atoms with van der Waals surface area (Å²) in [6.07, 6.45) is 1.78. The number of nitrogens with zero attached hydrogens (tertiary/aromatic N) is 2. The van der Waals surface area contributed by atoms with Crippen molar-refractivity contribution in [3.05, 3.63) is 47.6 Å². The zero-order valence-electron chi connectivity index (χ0n) is 8.22. The average Bonchev–Trinajstić information content (AvgIpc) is 2.72. The molecular formula is C12H7ClN2S. The quantitative estimate of drug-likeness (QED) is 0.648. The molecule has 0 bridgehead atoms. The molecule has 3 aromatic rings. The van der Waals surface area contributed by atoms with Gasteiger partial charge in [-0.2, -0.15) is 0 Å². The van der Waals surface area contributed by atoms with E-state index in [2.05, 4.69) is 9.97 Å². The third-order valence-electron chi connectivity index (χ3n) is 2.24. The first-order valence-electron chi connectivity index (χ1n) is 4.80. The first-order valence-corrected chi connectivity index (χ1v) is 6.00. The summed E-state index contributed by atoms with van der Waals surface area (Å²) < 4.78 is 0. The van der Waals surface area contributed by atoms with Crippen LogP contribution in [0.5, 0.6) is 0 Å². The van der Waals surface area contributed by atoms with E-state index >= 15 is 0 Å². The number of hydrogen-bond acceptors (Lipinski definition) is 3. The lowest BCUT2D eigenvalue weighted by molar-refractivity contribution is 1.41. The minimum Gasteiger partial charge on any atom is -0.244 e. The first-order chi connectivity index (χ1) is 7.83. The first kappa shape index (κ1) is 9.75. The lowest BCUT2D eigenvalue weighted by Crippen LogP contribution is -1.75. The topological polar surface area (TPSA) is 25.8 Å². The predicted octanol–water partition coefficient (Wildman–Crippen LogP) is 4.01. The van der Waals surface area contributed by atoms with E-state index in [0.717, 1.165) is 25.9 Å². The number of benzene rings is 1. The fourth-order valence-electron chi connectivity index (χ4n) is 1.51. The minimum absolute atomic E-state index is 0.727. The van der Waals surface area contributed by atoms with Gasteiger partial charge in [0.15, 0.2) is 0 Å². The molecule has 16 heavy (non-hydrogen) atoms. The number of rotatable bonds is 1. The number of halogens is 1. The van der Waals surface area contributed by atoms with Gasteiger partial charge in [0.1, 0.15) is 15.4 Å².